The van der Waals surface area contributed by atoms with Gasteiger partial charge in [-0.3, -0.25) is 0 Å². The highest BCUT2D eigenvalue weighted by atomic mass is 35.5. The van der Waals surface area contributed by atoms with Gasteiger partial charge >= 0.3 is 0 Å². The molecule has 5 nitrogen and oxygen atoms in total. The summed E-state index contributed by atoms with van der Waals surface area (Å²) in [5.74, 6) is 1.41. The maximum atomic E-state index is 9.80. The fraction of sp³-hybridized carbons (Fsp3) is 0.357. The predicted molar refractivity (Wildman–Crippen MR) is 75.9 cm³/mol. The quantitative estimate of drug-likeness (QED) is 0.819. The molecule has 0 bridgehead atoms. The highest BCUT2D eigenvalue weighted by Gasteiger charge is 2.06. The molecule has 2 rings (SSSR count). The van der Waals surface area contributed by atoms with Gasteiger partial charge in [-0.25, -0.2) is 0 Å². The van der Waals surface area contributed by atoms with Gasteiger partial charge in [0.15, 0.2) is 0 Å². The van der Waals surface area contributed by atoms with E-state index < -0.39 is 6.10 Å². The minimum atomic E-state index is -0.609. The number of nitrogens with one attached hydrogen (secondary N) is 1. The van der Waals surface area contributed by atoms with Gasteiger partial charge < -0.3 is 19.7 Å². The lowest BCUT2D eigenvalue weighted by molar-refractivity contribution is 0.106. The van der Waals surface area contributed by atoms with E-state index in [0.717, 1.165) is 11.5 Å². The summed E-state index contributed by atoms with van der Waals surface area (Å²) in [5, 5.41) is 17.3. The average Bonchev–Trinajstić information content (AvgIpc) is 2.82. The minimum absolute atomic E-state index is 0.200. The number of hydrogen-bond donors (Lipinski definition) is 2. The molecule has 0 aliphatic heterocycles. The minimum Gasteiger partial charge on any atom is -0.491 e. The van der Waals surface area contributed by atoms with Crippen LogP contribution in [0.1, 0.15) is 11.5 Å². The molecule has 0 aliphatic carbocycles. The summed E-state index contributed by atoms with van der Waals surface area (Å²) in [6.07, 6.45) is -0.609. The first-order chi connectivity index (χ1) is 9.63. The maximum Gasteiger partial charge on any atom is 0.133 e. The third-order valence-electron chi connectivity index (χ3n) is 2.60. The summed E-state index contributed by atoms with van der Waals surface area (Å²) in [5.41, 5.74) is 0.811. The fourth-order valence-corrected chi connectivity index (χ4v) is 1.86. The van der Waals surface area contributed by atoms with E-state index >= 15 is 0 Å². The summed E-state index contributed by atoms with van der Waals surface area (Å²) >= 11 is 5.84. The van der Waals surface area contributed by atoms with Crippen molar-refractivity contribution < 1.29 is 14.4 Å². The molecule has 1 unspecified atom stereocenters. The standard InChI is InChI=1S/C14H17ClN2O3/c1-10-5-12(17-20-10)7-16-8-13(18)9-19-14-4-2-3-11(15)6-14/h2-6,13,16,18H,7-9H2,1H3. The second-order valence-electron chi connectivity index (χ2n) is 4.48. The Hall–Kier alpha value is -1.56. The Balaban J connectivity index is 1.66. The Morgan fingerprint density at radius 3 is 3.00 bits per heavy atom. The van der Waals surface area contributed by atoms with Crippen LogP contribution in [-0.4, -0.2) is 29.5 Å². The summed E-state index contributed by atoms with van der Waals surface area (Å²) < 4.78 is 10.4. The highest BCUT2D eigenvalue weighted by molar-refractivity contribution is 6.30. The molecule has 0 fully saturated rings. The monoisotopic (exact) mass is 296 g/mol. The first kappa shape index (κ1) is 14.8. The number of ether oxygens (including phenoxy) is 1. The molecule has 0 saturated heterocycles. The van der Waals surface area contributed by atoms with Crippen LogP contribution in [0.3, 0.4) is 0 Å². The Morgan fingerprint density at radius 1 is 1.45 bits per heavy atom. The van der Waals surface area contributed by atoms with Gasteiger partial charge in [0.05, 0.1) is 5.69 Å². The van der Waals surface area contributed by atoms with Gasteiger partial charge in [-0.1, -0.05) is 22.8 Å². The molecule has 0 aliphatic rings. The van der Waals surface area contributed by atoms with Crippen LogP contribution in [0.2, 0.25) is 5.02 Å². The van der Waals surface area contributed by atoms with E-state index in [1.165, 1.54) is 0 Å². The van der Waals surface area contributed by atoms with Crippen molar-refractivity contribution in [3.63, 3.8) is 0 Å². The van der Waals surface area contributed by atoms with Gasteiger partial charge in [-0.2, -0.15) is 0 Å². The van der Waals surface area contributed by atoms with Crippen LogP contribution in [0.5, 0.6) is 5.75 Å². The first-order valence-electron chi connectivity index (χ1n) is 6.33. The Kier molecular flexibility index (Phi) is 5.40. The zero-order chi connectivity index (χ0) is 14.4. The molecule has 1 heterocycles. The Bertz CT molecular complexity index is 545. The average molecular weight is 297 g/mol. The van der Waals surface area contributed by atoms with Gasteiger partial charge in [0.25, 0.3) is 0 Å². The predicted octanol–water partition coefficient (Wildman–Crippen LogP) is 2.17. The number of rotatable bonds is 7. The number of aromatic nitrogens is 1. The van der Waals surface area contributed by atoms with Crippen LogP contribution >= 0.6 is 11.6 Å². The molecular formula is C14H17ClN2O3. The van der Waals surface area contributed by atoms with Crippen LogP contribution < -0.4 is 10.1 Å². The number of aliphatic hydroxyl groups excluding tert-OH is 1. The van der Waals surface area contributed by atoms with Gasteiger partial charge in [-0.05, 0) is 25.1 Å². The molecule has 2 aromatic rings. The van der Waals surface area contributed by atoms with Gasteiger partial charge in [0.1, 0.15) is 24.2 Å². The fourth-order valence-electron chi connectivity index (χ4n) is 1.68. The van der Waals surface area contributed by atoms with Gasteiger partial charge in [0, 0.05) is 24.2 Å². The van der Waals surface area contributed by atoms with E-state index in [4.69, 9.17) is 20.9 Å². The SMILES string of the molecule is Cc1cc(CNCC(O)COc2cccc(Cl)c2)no1. The van der Waals surface area contributed by atoms with Crippen molar-refractivity contribution in [2.45, 2.75) is 19.6 Å². The lowest BCUT2D eigenvalue weighted by atomic mass is 10.3. The second-order valence-corrected chi connectivity index (χ2v) is 4.92. The van der Waals surface area contributed by atoms with E-state index in [2.05, 4.69) is 10.5 Å². The number of hydrogen-bond acceptors (Lipinski definition) is 5. The molecule has 1 aromatic heterocycles. The third-order valence-corrected chi connectivity index (χ3v) is 2.84. The van der Waals surface area contributed by atoms with Crippen molar-refractivity contribution in [2.24, 2.45) is 0 Å². The topological polar surface area (TPSA) is 67.5 Å². The van der Waals surface area contributed by atoms with Crippen molar-refractivity contribution in [2.75, 3.05) is 13.2 Å². The Labute approximate surface area is 122 Å². The zero-order valence-electron chi connectivity index (χ0n) is 11.2. The van der Waals surface area contributed by atoms with Crippen LogP contribution in [0, 0.1) is 6.92 Å². The Morgan fingerprint density at radius 2 is 2.30 bits per heavy atom. The number of halogens is 1. The van der Waals surface area contributed by atoms with E-state index in [0.29, 0.717) is 23.9 Å². The van der Waals surface area contributed by atoms with E-state index in [1.54, 1.807) is 24.3 Å². The molecule has 108 valence electrons. The van der Waals surface area contributed by atoms with Crippen molar-refractivity contribution >= 4 is 11.6 Å². The molecule has 1 atom stereocenters. The molecule has 0 saturated carbocycles. The first-order valence-corrected chi connectivity index (χ1v) is 6.70. The summed E-state index contributed by atoms with van der Waals surface area (Å²) in [4.78, 5) is 0. The van der Waals surface area contributed by atoms with Crippen LogP contribution in [-0.2, 0) is 6.54 Å². The van der Waals surface area contributed by atoms with Crippen LogP contribution in [0.4, 0.5) is 0 Å². The molecule has 2 N–H and O–H groups in total. The zero-order valence-corrected chi connectivity index (χ0v) is 11.9. The van der Waals surface area contributed by atoms with E-state index in [9.17, 15) is 5.11 Å². The van der Waals surface area contributed by atoms with Crippen LogP contribution in [0.25, 0.3) is 0 Å². The molecule has 0 amide bonds. The molecular weight excluding hydrogens is 280 g/mol. The second kappa shape index (κ2) is 7.28. The maximum absolute atomic E-state index is 9.80. The third kappa shape index (κ3) is 4.85. The number of aryl methyl sites for hydroxylation is 1. The van der Waals surface area contributed by atoms with Crippen LogP contribution in [0.15, 0.2) is 34.9 Å². The van der Waals surface area contributed by atoms with Crippen molar-refractivity contribution in [1.29, 1.82) is 0 Å². The van der Waals surface area contributed by atoms with Crippen molar-refractivity contribution in [3.05, 3.63) is 46.8 Å². The van der Waals surface area contributed by atoms with Crippen molar-refractivity contribution in [3.8, 4) is 5.75 Å². The largest absolute Gasteiger partial charge is 0.491 e. The van der Waals surface area contributed by atoms with E-state index in [1.807, 2.05) is 13.0 Å². The smallest absolute Gasteiger partial charge is 0.133 e. The number of benzene rings is 1. The van der Waals surface area contributed by atoms with Gasteiger partial charge in [-0.15, -0.1) is 0 Å². The summed E-state index contributed by atoms with van der Waals surface area (Å²) in [7, 11) is 0. The molecule has 0 radical (unpaired) electrons. The van der Waals surface area contributed by atoms with Crippen molar-refractivity contribution in [1.82, 2.24) is 10.5 Å². The lowest BCUT2D eigenvalue weighted by Crippen LogP contribution is -2.31. The molecule has 6 heteroatoms. The molecule has 1 aromatic carbocycles. The molecule has 20 heavy (non-hydrogen) atoms. The normalized spacial score (nSPS) is 12.3. The van der Waals surface area contributed by atoms with Gasteiger partial charge in [0.2, 0.25) is 0 Å². The summed E-state index contributed by atoms with van der Waals surface area (Å²) in [6.45, 7) is 2.99. The molecule has 0 spiro atoms. The van der Waals surface area contributed by atoms with E-state index in [-0.39, 0.29) is 6.61 Å². The number of nitrogens with zero attached hydrogens (tertiary/aromatic N) is 1. The lowest BCUT2D eigenvalue weighted by Gasteiger charge is -2.12. The highest BCUT2D eigenvalue weighted by Crippen LogP contribution is 2.17. The summed E-state index contributed by atoms with van der Waals surface area (Å²) in [6, 6.07) is 8.92. The number of aliphatic hydroxyl groups is 1.